The zero-order chi connectivity index (χ0) is 21.4. The molecule has 0 spiro atoms. The summed E-state index contributed by atoms with van der Waals surface area (Å²) in [6, 6.07) is 4.69. The highest BCUT2D eigenvalue weighted by atomic mass is 32.2. The van der Waals surface area contributed by atoms with Crippen LogP contribution in [0.3, 0.4) is 0 Å². The fourth-order valence-corrected chi connectivity index (χ4v) is 3.69. The molecule has 3 N–H and O–H groups in total. The van der Waals surface area contributed by atoms with Gasteiger partial charge in [0.1, 0.15) is 0 Å². The number of carbonyl (C=O) groups is 2. The van der Waals surface area contributed by atoms with Crippen molar-refractivity contribution in [2.24, 2.45) is 5.92 Å². The number of piperidine rings is 1. The molecule has 29 heavy (non-hydrogen) atoms. The molecular formula is C18H28N4O6S. The maximum atomic E-state index is 12.2. The number of sulfonamides is 1. The van der Waals surface area contributed by atoms with Crippen molar-refractivity contribution in [3.8, 4) is 11.5 Å². The molecule has 0 aromatic heterocycles. The number of hydrazine groups is 1. The summed E-state index contributed by atoms with van der Waals surface area (Å²) in [5.41, 5.74) is 5.09. The van der Waals surface area contributed by atoms with Crippen molar-refractivity contribution < 1.29 is 27.5 Å². The minimum Gasteiger partial charge on any atom is -0.493 e. The second-order valence-corrected chi connectivity index (χ2v) is 8.77. The van der Waals surface area contributed by atoms with Crippen molar-refractivity contribution in [2.75, 3.05) is 46.7 Å². The number of nitrogens with one attached hydrogen (secondary N) is 3. The molecule has 1 atom stereocenters. The molecule has 1 aliphatic heterocycles. The van der Waals surface area contributed by atoms with Gasteiger partial charge in [0.15, 0.2) is 11.5 Å². The van der Waals surface area contributed by atoms with Gasteiger partial charge >= 0.3 is 0 Å². The Morgan fingerprint density at radius 2 is 1.90 bits per heavy atom. The normalized spacial score (nSPS) is 17.4. The lowest BCUT2D eigenvalue weighted by atomic mass is 9.98. The van der Waals surface area contributed by atoms with Gasteiger partial charge in [-0.25, -0.2) is 13.1 Å². The average Bonchev–Trinajstić information content (AvgIpc) is 2.69. The number of carbonyl (C=O) groups excluding carboxylic acids is 2. The van der Waals surface area contributed by atoms with E-state index in [1.54, 1.807) is 12.1 Å². The smallest absolute Gasteiger partial charge is 0.269 e. The first-order valence-corrected chi connectivity index (χ1v) is 11.1. The molecule has 10 nitrogen and oxygen atoms in total. The molecule has 162 valence electrons. The maximum absolute atomic E-state index is 12.2. The number of ether oxygens (including phenoxy) is 2. The highest BCUT2D eigenvalue weighted by molar-refractivity contribution is 7.88. The van der Waals surface area contributed by atoms with E-state index in [9.17, 15) is 18.0 Å². The zero-order valence-corrected chi connectivity index (χ0v) is 17.7. The predicted octanol–water partition coefficient (Wildman–Crippen LogP) is -0.274. The third kappa shape index (κ3) is 7.52. The van der Waals surface area contributed by atoms with Crippen LogP contribution < -0.4 is 25.0 Å². The van der Waals surface area contributed by atoms with Crippen LogP contribution in [0.2, 0.25) is 0 Å². The van der Waals surface area contributed by atoms with E-state index in [0.29, 0.717) is 30.2 Å². The second-order valence-electron chi connectivity index (χ2n) is 6.94. The molecular weight excluding hydrogens is 400 g/mol. The molecule has 0 radical (unpaired) electrons. The summed E-state index contributed by atoms with van der Waals surface area (Å²) in [4.78, 5) is 26.4. The quantitative estimate of drug-likeness (QED) is 0.487. The van der Waals surface area contributed by atoms with E-state index in [-0.39, 0.29) is 18.4 Å². The second kappa shape index (κ2) is 10.4. The third-order valence-corrected chi connectivity index (χ3v) is 5.26. The zero-order valence-electron chi connectivity index (χ0n) is 16.9. The van der Waals surface area contributed by atoms with Crippen LogP contribution in [0.5, 0.6) is 11.5 Å². The van der Waals surface area contributed by atoms with E-state index < -0.39 is 15.9 Å². The molecule has 1 aliphatic rings. The van der Waals surface area contributed by atoms with E-state index in [4.69, 9.17) is 9.47 Å². The summed E-state index contributed by atoms with van der Waals surface area (Å²) >= 11 is 0. The van der Waals surface area contributed by atoms with Crippen molar-refractivity contribution in [1.29, 1.82) is 0 Å². The Morgan fingerprint density at radius 1 is 1.17 bits per heavy atom. The Bertz CT molecular complexity index is 830. The topological polar surface area (TPSA) is 126 Å². The summed E-state index contributed by atoms with van der Waals surface area (Å²) in [6.45, 7) is 1.82. The Balaban J connectivity index is 1.81. The molecule has 1 fully saturated rings. The largest absolute Gasteiger partial charge is 0.493 e. The van der Waals surface area contributed by atoms with Gasteiger partial charge in [-0.1, -0.05) is 0 Å². The van der Waals surface area contributed by atoms with Crippen molar-refractivity contribution in [3.63, 3.8) is 0 Å². The molecule has 11 heteroatoms. The number of likely N-dealkylation sites (tertiary alicyclic amines) is 1. The van der Waals surface area contributed by atoms with Crippen molar-refractivity contribution in [3.05, 3.63) is 23.8 Å². The van der Waals surface area contributed by atoms with Crippen molar-refractivity contribution >= 4 is 21.8 Å². The monoisotopic (exact) mass is 428 g/mol. The van der Waals surface area contributed by atoms with Gasteiger partial charge in [0.05, 0.1) is 27.0 Å². The summed E-state index contributed by atoms with van der Waals surface area (Å²) in [6.07, 6.45) is 2.90. The van der Waals surface area contributed by atoms with Gasteiger partial charge < -0.3 is 9.47 Å². The number of hydrogen-bond acceptors (Lipinski definition) is 7. The number of nitrogens with zero attached hydrogens (tertiary/aromatic N) is 1. The number of amides is 2. The lowest BCUT2D eigenvalue weighted by Gasteiger charge is -2.32. The van der Waals surface area contributed by atoms with Crippen LogP contribution >= 0.6 is 0 Å². The first kappa shape index (κ1) is 22.9. The van der Waals surface area contributed by atoms with E-state index in [1.807, 2.05) is 4.90 Å². The fourth-order valence-electron chi connectivity index (χ4n) is 3.15. The maximum Gasteiger partial charge on any atom is 0.269 e. The van der Waals surface area contributed by atoms with Gasteiger partial charge in [-0.2, -0.15) is 0 Å². The van der Waals surface area contributed by atoms with E-state index >= 15 is 0 Å². The minimum atomic E-state index is -3.23. The van der Waals surface area contributed by atoms with Crippen molar-refractivity contribution in [2.45, 2.75) is 12.8 Å². The molecule has 1 saturated heterocycles. The van der Waals surface area contributed by atoms with Crippen LogP contribution in [-0.4, -0.2) is 71.8 Å². The van der Waals surface area contributed by atoms with Crippen LogP contribution in [0.4, 0.5) is 0 Å². The Labute approximate surface area is 170 Å². The lowest BCUT2D eigenvalue weighted by molar-refractivity contribution is -0.123. The van der Waals surface area contributed by atoms with Crippen LogP contribution in [0, 0.1) is 5.92 Å². The number of hydrogen-bond donors (Lipinski definition) is 3. The van der Waals surface area contributed by atoms with Gasteiger partial charge in [0, 0.05) is 18.7 Å². The van der Waals surface area contributed by atoms with Crippen LogP contribution in [0.25, 0.3) is 0 Å². The Hall–Kier alpha value is -2.37. The molecule has 1 aromatic carbocycles. The molecule has 0 bridgehead atoms. The number of methoxy groups -OCH3 is 2. The standard InChI is InChI=1S/C18H28N4O6S/c1-27-15-7-6-14(9-16(15)28-2)18(24)21-20-17(23)12-22-8-4-5-13(11-22)10-19-29(3,25)26/h6-7,9,13,19H,4-5,8,10-12H2,1-3H3,(H,20,23)(H,21,24). The molecule has 1 aromatic rings. The fraction of sp³-hybridized carbons (Fsp3) is 0.556. The van der Waals surface area contributed by atoms with E-state index in [0.717, 1.165) is 25.6 Å². The molecule has 2 amide bonds. The van der Waals surface area contributed by atoms with Gasteiger partial charge in [-0.05, 0) is 43.5 Å². The van der Waals surface area contributed by atoms with Gasteiger partial charge in [0.25, 0.3) is 11.8 Å². The van der Waals surface area contributed by atoms with Crippen LogP contribution in [0.1, 0.15) is 23.2 Å². The lowest BCUT2D eigenvalue weighted by Crippen LogP contribution is -2.49. The number of benzene rings is 1. The highest BCUT2D eigenvalue weighted by Crippen LogP contribution is 2.27. The molecule has 2 rings (SSSR count). The SMILES string of the molecule is COc1ccc(C(=O)NNC(=O)CN2CCCC(CNS(C)(=O)=O)C2)cc1OC. The Morgan fingerprint density at radius 3 is 2.55 bits per heavy atom. The highest BCUT2D eigenvalue weighted by Gasteiger charge is 2.22. The van der Waals surface area contributed by atoms with E-state index in [1.165, 1.54) is 20.3 Å². The van der Waals surface area contributed by atoms with Crippen LogP contribution in [-0.2, 0) is 14.8 Å². The molecule has 0 saturated carbocycles. The molecule has 0 aliphatic carbocycles. The summed E-state index contributed by atoms with van der Waals surface area (Å²) < 4.78 is 35.3. The summed E-state index contributed by atoms with van der Waals surface area (Å²) in [7, 11) is -0.259. The van der Waals surface area contributed by atoms with Gasteiger partial charge in [-0.15, -0.1) is 0 Å². The first-order valence-electron chi connectivity index (χ1n) is 9.20. The van der Waals surface area contributed by atoms with E-state index in [2.05, 4.69) is 15.6 Å². The Kier molecular flexibility index (Phi) is 8.23. The predicted molar refractivity (Wildman–Crippen MR) is 107 cm³/mol. The average molecular weight is 429 g/mol. The van der Waals surface area contributed by atoms with Gasteiger partial charge in [0.2, 0.25) is 10.0 Å². The summed E-state index contributed by atoms with van der Waals surface area (Å²) in [5, 5.41) is 0. The van der Waals surface area contributed by atoms with Crippen molar-refractivity contribution in [1.82, 2.24) is 20.5 Å². The number of rotatable bonds is 8. The van der Waals surface area contributed by atoms with Gasteiger partial charge in [-0.3, -0.25) is 25.3 Å². The third-order valence-electron chi connectivity index (χ3n) is 4.57. The van der Waals surface area contributed by atoms with Crippen LogP contribution in [0.15, 0.2) is 18.2 Å². The minimum absolute atomic E-state index is 0.113. The summed E-state index contributed by atoms with van der Waals surface area (Å²) in [5.74, 6) is 0.225. The first-order chi connectivity index (χ1) is 13.7. The molecule has 1 unspecified atom stereocenters. The molecule has 1 heterocycles.